The van der Waals surface area contributed by atoms with Gasteiger partial charge in [0.1, 0.15) is 0 Å². The summed E-state index contributed by atoms with van der Waals surface area (Å²) in [5.41, 5.74) is 0.681. The Balaban J connectivity index is 2.54. The summed E-state index contributed by atoms with van der Waals surface area (Å²) in [5.74, 6) is -0.105. The molecule has 4 heteroatoms. The first-order chi connectivity index (χ1) is 6.09. The minimum atomic E-state index is -0.105. The van der Waals surface area contributed by atoms with Crippen molar-refractivity contribution in [2.45, 2.75) is 6.92 Å². The summed E-state index contributed by atoms with van der Waals surface area (Å²) in [5, 5.41) is 4.90. The molecule has 1 aromatic rings. The van der Waals surface area contributed by atoms with Gasteiger partial charge in [0.2, 0.25) is 0 Å². The molecule has 0 aliphatic heterocycles. The largest absolute Gasteiger partial charge is 0.347 e. The van der Waals surface area contributed by atoms with Gasteiger partial charge in [-0.25, -0.2) is 0 Å². The van der Waals surface area contributed by atoms with Crippen LogP contribution in [0.4, 0.5) is 0 Å². The third-order valence-electron chi connectivity index (χ3n) is 1.43. The fraction of sp³-hybridized carbons (Fsp3) is 0.222. The Morgan fingerprint density at radius 3 is 2.92 bits per heavy atom. The van der Waals surface area contributed by atoms with E-state index in [1.807, 2.05) is 18.4 Å². The standard InChI is InChI=1S/C9H10ClNOS/c1-6(10)4-11-9(12)8-3-7(2)13-5-8/h3,5H,1,4H2,2H3,(H,11,12). The van der Waals surface area contributed by atoms with Crippen LogP contribution in [-0.4, -0.2) is 12.5 Å². The highest BCUT2D eigenvalue weighted by Gasteiger charge is 2.05. The fourth-order valence-corrected chi connectivity index (χ4v) is 1.59. The first kappa shape index (κ1) is 10.3. The van der Waals surface area contributed by atoms with E-state index in [9.17, 15) is 4.79 Å². The summed E-state index contributed by atoms with van der Waals surface area (Å²) in [4.78, 5) is 12.5. The number of amides is 1. The number of carbonyl (C=O) groups is 1. The molecule has 0 saturated carbocycles. The number of hydrogen-bond donors (Lipinski definition) is 1. The van der Waals surface area contributed by atoms with E-state index >= 15 is 0 Å². The average Bonchev–Trinajstić information content (AvgIpc) is 2.47. The van der Waals surface area contributed by atoms with E-state index in [0.717, 1.165) is 4.88 Å². The van der Waals surface area contributed by atoms with Crippen molar-refractivity contribution in [1.82, 2.24) is 5.32 Å². The second-order valence-electron chi connectivity index (χ2n) is 2.65. The first-order valence-corrected chi connectivity index (χ1v) is 5.02. The molecule has 0 aliphatic rings. The lowest BCUT2D eigenvalue weighted by Gasteiger charge is -2.00. The van der Waals surface area contributed by atoms with Crippen LogP contribution in [-0.2, 0) is 0 Å². The van der Waals surface area contributed by atoms with E-state index < -0.39 is 0 Å². The summed E-state index contributed by atoms with van der Waals surface area (Å²) in [6, 6.07) is 1.84. The van der Waals surface area contributed by atoms with Gasteiger partial charge in [-0.05, 0) is 13.0 Å². The number of rotatable bonds is 3. The maximum absolute atomic E-state index is 11.4. The van der Waals surface area contributed by atoms with Crippen LogP contribution in [0.3, 0.4) is 0 Å². The van der Waals surface area contributed by atoms with Crippen molar-refractivity contribution in [3.63, 3.8) is 0 Å². The van der Waals surface area contributed by atoms with Crippen LogP contribution in [0.5, 0.6) is 0 Å². The van der Waals surface area contributed by atoms with E-state index in [-0.39, 0.29) is 5.91 Å². The summed E-state index contributed by atoms with van der Waals surface area (Å²) < 4.78 is 0. The molecule has 0 radical (unpaired) electrons. The SMILES string of the molecule is C=C(Cl)CNC(=O)c1csc(C)c1. The van der Waals surface area contributed by atoms with Crippen molar-refractivity contribution in [2.24, 2.45) is 0 Å². The zero-order chi connectivity index (χ0) is 9.84. The van der Waals surface area contributed by atoms with E-state index in [4.69, 9.17) is 11.6 Å². The lowest BCUT2D eigenvalue weighted by molar-refractivity contribution is 0.0958. The van der Waals surface area contributed by atoms with Crippen molar-refractivity contribution in [2.75, 3.05) is 6.54 Å². The molecular weight excluding hydrogens is 206 g/mol. The molecule has 1 amide bonds. The fourth-order valence-electron chi connectivity index (χ4n) is 0.841. The maximum atomic E-state index is 11.4. The number of hydrogen-bond acceptors (Lipinski definition) is 2. The van der Waals surface area contributed by atoms with Crippen LogP contribution in [0, 0.1) is 6.92 Å². The molecule has 0 saturated heterocycles. The Hall–Kier alpha value is -0.800. The van der Waals surface area contributed by atoms with Crippen LogP contribution in [0.1, 0.15) is 15.2 Å². The summed E-state index contributed by atoms with van der Waals surface area (Å²) in [7, 11) is 0. The van der Waals surface area contributed by atoms with Crippen LogP contribution < -0.4 is 5.32 Å². The lowest BCUT2D eigenvalue weighted by Crippen LogP contribution is -2.23. The maximum Gasteiger partial charge on any atom is 0.252 e. The third kappa shape index (κ3) is 3.20. The molecule has 1 heterocycles. The molecule has 1 aromatic heterocycles. The van der Waals surface area contributed by atoms with Gasteiger partial charge in [0, 0.05) is 15.3 Å². The van der Waals surface area contributed by atoms with Crippen molar-refractivity contribution in [1.29, 1.82) is 0 Å². The quantitative estimate of drug-likeness (QED) is 0.825. The number of aryl methyl sites for hydroxylation is 1. The molecule has 0 atom stereocenters. The second-order valence-corrected chi connectivity index (χ2v) is 4.30. The van der Waals surface area contributed by atoms with Crippen molar-refractivity contribution in [3.05, 3.63) is 33.5 Å². The van der Waals surface area contributed by atoms with E-state index in [1.54, 1.807) is 11.3 Å². The number of nitrogens with one attached hydrogen (secondary N) is 1. The summed E-state index contributed by atoms with van der Waals surface area (Å²) in [6.45, 7) is 5.75. The monoisotopic (exact) mass is 215 g/mol. The summed E-state index contributed by atoms with van der Waals surface area (Å²) in [6.07, 6.45) is 0. The second kappa shape index (κ2) is 4.44. The Bertz CT molecular complexity index is 332. The van der Waals surface area contributed by atoms with Crippen molar-refractivity contribution in [3.8, 4) is 0 Å². The number of thiophene rings is 1. The molecule has 0 aromatic carbocycles. The predicted molar refractivity (Wildman–Crippen MR) is 56.4 cm³/mol. The van der Waals surface area contributed by atoms with Gasteiger partial charge < -0.3 is 5.32 Å². The molecule has 0 spiro atoms. The molecule has 0 fully saturated rings. The predicted octanol–water partition coefficient (Wildman–Crippen LogP) is 2.54. The smallest absolute Gasteiger partial charge is 0.252 e. The molecule has 0 aliphatic carbocycles. The van der Waals surface area contributed by atoms with Gasteiger partial charge in [-0.2, -0.15) is 0 Å². The molecule has 2 nitrogen and oxygen atoms in total. The molecule has 0 bridgehead atoms. The zero-order valence-electron chi connectivity index (χ0n) is 7.26. The molecule has 70 valence electrons. The topological polar surface area (TPSA) is 29.1 Å². The van der Waals surface area contributed by atoms with Gasteiger partial charge in [0.05, 0.1) is 12.1 Å². The third-order valence-corrected chi connectivity index (χ3v) is 2.43. The highest BCUT2D eigenvalue weighted by Crippen LogP contribution is 2.12. The normalized spacial score (nSPS) is 9.69. The summed E-state index contributed by atoms with van der Waals surface area (Å²) >= 11 is 7.06. The van der Waals surface area contributed by atoms with E-state index in [0.29, 0.717) is 17.1 Å². The van der Waals surface area contributed by atoms with Gasteiger partial charge >= 0.3 is 0 Å². The van der Waals surface area contributed by atoms with Crippen LogP contribution in [0.25, 0.3) is 0 Å². The van der Waals surface area contributed by atoms with E-state index in [2.05, 4.69) is 11.9 Å². The molecule has 0 unspecified atom stereocenters. The van der Waals surface area contributed by atoms with Gasteiger partial charge in [-0.3, -0.25) is 4.79 Å². The first-order valence-electron chi connectivity index (χ1n) is 3.76. The molecule has 13 heavy (non-hydrogen) atoms. The van der Waals surface area contributed by atoms with Gasteiger partial charge in [0.25, 0.3) is 5.91 Å². The Kier molecular flexibility index (Phi) is 3.51. The molecule has 1 N–H and O–H groups in total. The van der Waals surface area contributed by atoms with Crippen molar-refractivity contribution >= 4 is 28.8 Å². The average molecular weight is 216 g/mol. The van der Waals surface area contributed by atoms with Crippen LogP contribution >= 0.6 is 22.9 Å². The van der Waals surface area contributed by atoms with Gasteiger partial charge in [0.15, 0.2) is 0 Å². The van der Waals surface area contributed by atoms with Crippen LogP contribution in [0.15, 0.2) is 23.1 Å². The highest BCUT2D eigenvalue weighted by molar-refractivity contribution is 7.10. The zero-order valence-corrected chi connectivity index (χ0v) is 8.84. The minimum absolute atomic E-state index is 0.105. The highest BCUT2D eigenvalue weighted by atomic mass is 35.5. The number of halogens is 1. The Morgan fingerprint density at radius 2 is 2.46 bits per heavy atom. The Labute approximate surface area is 86.2 Å². The van der Waals surface area contributed by atoms with Crippen LogP contribution in [0.2, 0.25) is 0 Å². The van der Waals surface area contributed by atoms with Crippen molar-refractivity contribution < 1.29 is 4.79 Å². The molecule has 1 rings (SSSR count). The van der Waals surface area contributed by atoms with Gasteiger partial charge in [-0.15, -0.1) is 11.3 Å². The minimum Gasteiger partial charge on any atom is -0.347 e. The van der Waals surface area contributed by atoms with E-state index in [1.165, 1.54) is 0 Å². The Morgan fingerprint density at radius 1 is 1.77 bits per heavy atom. The van der Waals surface area contributed by atoms with Gasteiger partial charge in [-0.1, -0.05) is 18.2 Å². The number of carbonyl (C=O) groups excluding carboxylic acids is 1. The lowest BCUT2D eigenvalue weighted by atomic mass is 10.3. The molecular formula is C9H10ClNOS.